The normalized spacial score (nSPS) is 20.9. The van der Waals surface area contributed by atoms with E-state index in [1.54, 1.807) is 0 Å². The standard InChI is InChI=1S/C18H28N2O/c1-5-19(6-2)17-11-12-20(13-17)15(4)18(21)16-9-7-14(3)8-10-16/h7-10,15,17H,5-6,11-13H2,1-4H3. The highest BCUT2D eigenvalue weighted by molar-refractivity contribution is 5.99. The second kappa shape index (κ2) is 7.19. The third kappa shape index (κ3) is 3.72. The van der Waals surface area contributed by atoms with E-state index >= 15 is 0 Å². The number of nitrogens with zero attached hydrogens (tertiary/aromatic N) is 2. The van der Waals surface area contributed by atoms with Crippen LogP contribution in [0.1, 0.15) is 43.1 Å². The van der Waals surface area contributed by atoms with Crippen molar-refractivity contribution in [3.05, 3.63) is 35.4 Å². The summed E-state index contributed by atoms with van der Waals surface area (Å²) in [6.07, 6.45) is 1.17. The molecule has 1 fully saturated rings. The molecule has 0 amide bonds. The summed E-state index contributed by atoms with van der Waals surface area (Å²) < 4.78 is 0. The van der Waals surface area contributed by atoms with E-state index in [0.29, 0.717) is 6.04 Å². The Kier molecular flexibility index (Phi) is 5.54. The monoisotopic (exact) mass is 288 g/mol. The van der Waals surface area contributed by atoms with Crippen LogP contribution in [0, 0.1) is 6.92 Å². The number of rotatable bonds is 6. The SMILES string of the molecule is CCN(CC)C1CCN(C(C)C(=O)c2ccc(C)cc2)C1. The topological polar surface area (TPSA) is 23.6 Å². The van der Waals surface area contributed by atoms with Crippen molar-refractivity contribution in [1.82, 2.24) is 9.80 Å². The van der Waals surface area contributed by atoms with Gasteiger partial charge in [-0.05, 0) is 33.4 Å². The molecule has 1 aliphatic heterocycles. The van der Waals surface area contributed by atoms with Crippen molar-refractivity contribution >= 4 is 5.78 Å². The third-order valence-electron chi connectivity index (χ3n) is 4.79. The fourth-order valence-electron chi connectivity index (χ4n) is 3.28. The summed E-state index contributed by atoms with van der Waals surface area (Å²) in [6, 6.07) is 8.52. The van der Waals surface area contributed by atoms with Gasteiger partial charge in [-0.2, -0.15) is 0 Å². The van der Waals surface area contributed by atoms with Crippen LogP contribution in [0.15, 0.2) is 24.3 Å². The number of Topliss-reactive ketones (excluding diaryl/α,β-unsaturated/α-hetero) is 1. The Morgan fingerprint density at radius 1 is 1.29 bits per heavy atom. The van der Waals surface area contributed by atoms with Gasteiger partial charge >= 0.3 is 0 Å². The van der Waals surface area contributed by atoms with Crippen LogP contribution >= 0.6 is 0 Å². The Morgan fingerprint density at radius 2 is 1.90 bits per heavy atom. The Labute approximate surface area is 128 Å². The molecule has 0 bridgehead atoms. The van der Waals surface area contributed by atoms with Crippen LogP contribution in [0.25, 0.3) is 0 Å². The van der Waals surface area contributed by atoms with Crippen LogP contribution in [-0.2, 0) is 0 Å². The van der Waals surface area contributed by atoms with E-state index in [2.05, 4.69) is 23.6 Å². The molecule has 3 nitrogen and oxygen atoms in total. The molecule has 21 heavy (non-hydrogen) atoms. The number of hydrogen-bond acceptors (Lipinski definition) is 3. The Hall–Kier alpha value is -1.19. The highest BCUT2D eigenvalue weighted by atomic mass is 16.1. The van der Waals surface area contributed by atoms with Gasteiger partial charge in [-0.15, -0.1) is 0 Å². The highest BCUT2D eigenvalue weighted by Crippen LogP contribution is 2.20. The van der Waals surface area contributed by atoms with E-state index < -0.39 is 0 Å². The molecule has 1 heterocycles. The number of likely N-dealkylation sites (N-methyl/N-ethyl adjacent to an activating group) is 1. The molecule has 3 heteroatoms. The molecule has 1 saturated heterocycles. The molecule has 1 aromatic rings. The Morgan fingerprint density at radius 3 is 2.48 bits per heavy atom. The van der Waals surface area contributed by atoms with Crippen LogP contribution in [0.5, 0.6) is 0 Å². The van der Waals surface area contributed by atoms with Gasteiger partial charge in [0, 0.05) is 24.7 Å². The van der Waals surface area contributed by atoms with Gasteiger partial charge in [-0.3, -0.25) is 14.6 Å². The summed E-state index contributed by atoms with van der Waals surface area (Å²) in [5.41, 5.74) is 2.03. The number of benzene rings is 1. The largest absolute Gasteiger partial charge is 0.300 e. The number of likely N-dealkylation sites (tertiary alicyclic amines) is 1. The number of hydrogen-bond donors (Lipinski definition) is 0. The van der Waals surface area contributed by atoms with Crippen LogP contribution in [-0.4, -0.2) is 53.8 Å². The Bertz CT molecular complexity index is 465. The van der Waals surface area contributed by atoms with Crippen molar-refractivity contribution in [3.63, 3.8) is 0 Å². The predicted molar refractivity (Wildman–Crippen MR) is 87.9 cm³/mol. The van der Waals surface area contributed by atoms with Crippen molar-refractivity contribution in [2.24, 2.45) is 0 Å². The zero-order valence-corrected chi connectivity index (χ0v) is 13.8. The first-order valence-corrected chi connectivity index (χ1v) is 8.15. The van der Waals surface area contributed by atoms with Crippen LogP contribution < -0.4 is 0 Å². The molecular weight excluding hydrogens is 260 g/mol. The third-order valence-corrected chi connectivity index (χ3v) is 4.79. The lowest BCUT2D eigenvalue weighted by Gasteiger charge is -2.28. The molecule has 0 aliphatic carbocycles. The molecule has 0 spiro atoms. The van der Waals surface area contributed by atoms with Crippen LogP contribution in [0.2, 0.25) is 0 Å². The number of aryl methyl sites for hydroxylation is 1. The summed E-state index contributed by atoms with van der Waals surface area (Å²) in [4.78, 5) is 17.4. The number of carbonyl (C=O) groups is 1. The van der Waals surface area contributed by atoms with Gasteiger partial charge in [-0.1, -0.05) is 43.7 Å². The lowest BCUT2D eigenvalue weighted by molar-refractivity contribution is 0.0856. The van der Waals surface area contributed by atoms with Crippen LogP contribution in [0.3, 0.4) is 0 Å². The second-order valence-electron chi connectivity index (χ2n) is 6.06. The molecule has 0 saturated carbocycles. The molecule has 2 unspecified atom stereocenters. The lowest BCUT2D eigenvalue weighted by Crippen LogP contribution is -2.41. The molecule has 1 aromatic carbocycles. The molecule has 0 aromatic heterocycles. The van der Waals surface area contributed by atoms with Gasteiger partial charge in [0.25, 0.3) is 0 Å². The minimum atomic E-state index is -0.0201. The fourth-order valence-corrected chi connectivity index (χ4v) is 3.28. The van der Waals surface area contributed by atoms with Gasteiger partial charge in [0.1, 0.15) is 0 Å². The van der Waals surface area contributed by atoms with E-state index in [1.165, 1.54) is 12.0 Å². The first kappa shape index (κ1) is 16.2. The smallest absolute Gasteiger partial charge is 0.179 e. The molecule has 116 valence electrons. The lowest BCUT2D eigenvalue weighted by atomic mass is 10.0. The van der Waals surface area contributed by atoms with Gasteiger partial charge in [0.05, 0.1) is 6.04 Å². The fraction of sp³-hybridized carbons (Fsp3) is 0.611. The summed E-state index contributed by atoms with van der Waals surface area (Å²) in [7, 11) is 0. The molecule has 0 N–H and O–H groups in total. The first-order valence-electron chi connectivity index (χ1n) is 8.15. The number of carbonyl (C=O) groups excluding carboxylic acids is 1. The predicted octanol–water partition coefficient (Wildman–Crippen LogP) is 2.98. The van der Waals surface area contributed by atoms with Crippen molar-refractivity contribution in [2.75, 3.05) is 26.2 Å². The second-order valence-corrected chi connectivity index (χ2v) is 6.06. The van der Waals surface area contributed by atoms with Gasteiger partial charge in [0.15, 0.2) is 5.78 Å². The summed E-state index contributed by atoms with van der Waals surface area (Å²) >= 11 is 0. The highest BCUT2D eigenvalue weighted by Gasteiger charge is 2.31. The quantitative estimate of drug-likeness (QED) is 0.752. The van der Waals surface area contributed by atoms with Crippen molar-refractivity contribution < 1.29 is 4.79 Å². The van der Waals surface area contributed by atoms with Crippen LogP contribution in [0.4, 0.5) is 0 Å². The summed E-state index contributed by atoms with van der Waals surface area (Å²) in [6.45, 7) is 12.8. The zero-order chi connectivity index (χ0) is 15.4. The average molecular weight is 288 g/mol. The minimum Gasteiger partial charge on any atom is -0.300 e. The maximum absolute atomic E-state index is 12.6. The number of ketones is 1. The van der Waals surface area contributed by atoms with Crippen molar-refractivity contribution in [1.29, 1.82) is 0 Å². The summed E-state index contributed by atoms with van der Waals surface area (Å²) in [5, 5.41) is 0. The zero-order valence-electron chi connectivity index (χ0n) is 13.8. The van der Waals surface area contributed by atoms with Crippen molar-refractivity contribution in [2.45, 2.75) is 46.2 Å². The van der Waals surface area contributed by atoms with E-state index in [9.17, 15) is 4.79 Å². The maximum Gasteiger partial charge on any atom is 0.179 e. The maximum atomic E-state index is 12.6. The molecule has 2 rings (SSSR count). The van der Waals surface area contributed by atoms with Gasteiger partial charge in [0.2, 0.25) is 0 Å². The van der Waals surface area contributed by atoms with Gasteiger partial charge in [-0.25, -0.2) is 0 Å². The van der Waals surface area contributed by atoms with E-state index in [-0.39, 0.29) is 11.8 Å². The average Bonchev–Trinajstić information content (AvgIpc) is 2.97. The summed E-state index contributed by atoms with van der Waals surface area (Å²) in [5.74, 6) is 0.246. The molecular formula is C18H28N2O. The van der Waals surface area contributed by atoms with Gasteiger partial charge < -0.3 is 0 Å². The molecule has 0 radical (unpaired) electrons. The van der Waals surface area contributed by atoms with E-state index in [0.717, 1.165) is 31.7 Å². The van der Waals surface area contributed by atoms with E-state index in [1.807, 2.05) is 38.1 Å². The molecule has 2 atom stereocenters. The first-order chi connectivity index (χ1) is 10.1. The molecule has 1 aliphatic rings. The van der Waals surface area contributed by atoms with Crippen molar-refractivity contribution in [3.8, 4) is 0 Å². The minimum absolute atomic E-state index is 0.0201. The Balaban J connectivity index is 1.99. The van der Waals surface area contributed by atoms with E-state index in [4.69, 9.17) is 0 Å².